The molecule has 154 valence electrons. The number of ether oxygens (including phenoxy) is 4. The van der Waals surface area contributed by atoms with E-state index in [9.17, 15) is 19.2 Å². The van der Waals surface area contributed by atoms with Gasteiger partial charge in [0.2, 0.25) is 0 Å². The van der Waals surface area contributed by atoms with Crippen molar-refractivity contribution in [3.05, 3.63) is 36.4 Å². The Morgan fingerprint density at radius 1 is 0.500 bits per heavy atom. The molecular formula is C22H18O8. The molecule has 0 bridgehead atoms. The van der Waals surface area contributed by atoms with Crippen LogP contribution in [0.3, 0.4) is 0 Å². The van der Waals surface area contributed by atoms with Crippen molar-refractivity contribution in [1.29, 1.82) is 0 Å². The molecule has 3 rings (SSSR count). The van der Waals surface area contributed by atoms with Crippen LogP contribution >= 0.6 is 0 Å². The van der Waals surface area contributed by atoms with Gasteiger partial charge in [-0.15, -0.1) is 0 Å². The van der Waals surface area contributed by atoms with E-state index >= 15 is 0 Å². The molecule has 3 aromatic carbocycles. The molecule has 0 saturated heterocycles. The van der Waals surface area contributed by atoms with Crippen LogP contribution in [-0.4, -0.2) is 23.9 Å². The van der Waals surface area contributed by atoms with Crippen molar-refractivity contribution in [3.63, 3.8) is 0 Å². The zero-order chi connectivity index (χ0) is 22.0. The van der Waals surface area contributed by atoms with Gasteiger partial charge in [0.1, 0.15) is 23.0 Å². The van der Waals surface area contributed by atoms with E-state index < -0.39 is 23.9 Å². The third-order valence-corrected chi connectivity index (χ3v) is 3.98. The fraction of sp³-hybridized carbons (Fsp3) is 0.182. The molecule has 0 unspecified atom stereocenters. The van der Waals surface area contributed by atoms with Gasteiger partial charge in [-0.25, -0.2) is 0 Å². The number of carbonyl (C=O) groups excluding carboxylic acids is 4. The number of fused-ring (bicyclic) bond motifs is 2. The van der Waals surface area contributed by atoms with Crippen LogP contribution in [0.15, 0.2) is 36.4 Å². The lowest BCUT2D eigenvalue weighted by Gasteiger charge is -2.17. The van der Waals surface area contributed by atoms with E-state index in [4.69, 9.17) is 18.9 Å². The van der Waals surface area contributed by atoms with E-state index in [1.54, 1.807) is 12.1 Å². The van der Waals surface area contributed by atoms with E-state index in [1.807, 2.05) is 0 Å². The zero-order valence-electron chi connectivity index (χ0n) is 16.7. The summed E-state index contributed by atoms with van der Waals surface area (Å²) in [5, 5.41) is 1.66. The molecular weight excluding hydrogens is 392 g/mol. The highest BCUT2D eigenvalue weighted by atomic mass is 16.5. The Bertz CT molecular complexity index is 1110. The smallest absolute Gasteiger partial charge is 0.308 e. The molecule has 8 nitrogen and oxygen atoms in total. The second kappa shape index (κ2) is 8.20. The van der Waals surface area contributed by atoms with Crippen molar-refractivity contribution in [2.75, 3.05) is 0 Å². The first-order chi connectivity index (χ1) is 14.2. The van der Waals surface area contributed by atoms with E-state index in [0.29, 0.717) is 21.5 Å². The van der Waals surface area contributed by atoms with Crippen molar-refractivity contribution in [2.45, 2.75) is 27.7 Å². The SMILES string of the molecule is CC(=O)Oc1ccc2c(OC(C)=O)c3cc(OC(C)=O)ccc3c(OC(C)=O)c2c1. The van der Waals surface area contributed by atoms with E-state index in [-0.39, 0.29) is 23.0 Å². The molecule has 0 heterocycles. The molecule has 0 amide bonds. The number of rotatable bonds is 4. The summed E-state index contributed by atoms with van der Waals surface area (Å²) in [6.45, 7) is 5.03. The number of hydrogen-bond acceptors (Lipinski definition) is 8. The summed E-state index contributed by atoms with van der Waals surface area (Å²) in [7, 11) is 0. The summed E-state index contributed by atoms with van der Waals surface area (Å²) < 4.78 is 21.2. The lowest BCUT2D eigenvalue weighted by atomic mass is 10.00. The molecule has 0 fully saturated rings. The fourth-order valence-corrected chi connectivity index (χ4v) is 3.07. The minimum atomic E-state index is -0.570. The Kier molecular flexibility index (Phi) is 5.68. The second-order valence-electron chi connectivity index (χ2n) is 6.45. The number of carbonyl (C=O) groups is 4. The van der Waals surface area contributed by atoms with Gasteiger partial charge in [0.05, 0.1) is 0 Å². The van der Waals surface area contributed by atoms with Gasteiger partial charge in [0, 0.05) is 49.2 Å². The van der Waals surface area contributed by atoms with Gasteiger partial charge >= 0.3 is 23.9 Å². The first-order valence-electron chi connectivity index (χ1n) is 8.93. The molecule has 0 aliphatic heterocycles. The average Bonchev–Trinajstić information content (AvgIpc) is 2.62. The van der Waals surface area contributed by atoms with Crippen molar-refractivity contribution < 1.29 is 38.1 Å². The first kappa shape index (κ1) is 20.8. The molecule has 0 saturated carbocycles. The van der Waals surface area contributed by atoms with Crippen molar-refractivity contribution in [1.82, 2.24) is 0 Å². The van der Waals surface area contributed by atoms with Crippen LogP contribution in [0.5, 0.6) is 23.0 Å². The van der Waals surface area contributed by atoms with Crippen molar-refractivity contribution in [2.24, 2.45) is 0 Å². The zero-order valence-corrected chi connectivity index (χ0v) is 16.7. The minimum absolute atomic E-state index is 0.187. The van der Waals surface area contributed by atoms with Gasteiger partial charge < -0.3 is 18.9 Å². The summed E-state index contributed by atoms with van der Waals surface area (Å²) in [5.74, 6) is -1.34. The average molecular weight is 410 g/mol. The summed E-state index contributed by atoms with van der Waals surface area (Å²) in [4.78, 5) is 46.2. The van der Waals surface area contributed by atoms with Crippen LogP contribution < -0.4 is 18.9 Å². The molecule has 3 aromatic rings. The van der Waals surface area contributed by atoms with Gasteiger partial charge in [-0.2, -0.15) is 0 Å². The minimum Gasteiger partial charge on any atom is -0.427 e. The molecule has 0 radical (unpaired) electrons. The number of benzene rings is 3. The maximum atomic E-state index is 11.8. The normalized spacial score (nSPS) is 10.5. The van der Waals surface area contributed by atoms with Crippen molar-refractivity contribution >= 4 is 45.4 Å². The molecule has 8 heteroatoms. The Labute approximate surface area is 171 Å². The second-order valence-corrected chi connectivity index (χ2v) is 6.45. The maximum Gasteiger partial charge on any atom is 0.308 e. The largest absolute Gasteiger partial charge is 0.427 e. The maximum absolute atomic E-state index is 11.8. The van der Waals surface area contributed by atoms with Crippen LogP contribution in [-0.2, 0) is 19.2 Å². The Hall–Kier alpha value is -3.94. The molecule has 0 atom stereocenters. The third kappa shape index (κ3) is 4.38. The molecule has 0 N–H and O–H groups in total. The van der Waals surface area contributed by atoms with Crippen LogP contribution in [0.4, 0.5) is 0 Å². The first-order valence-corrected chi connectivity index (χ1v) is 8.93. The molecule has 30 heavy (non-hydrogen) atoms. The predicted molar refractivity (Wildman–Crippen MR) is 107 cm³/mol. The molecule has 0 aliphatic carbocycles. The molecule has 0 aromatic heterocycles. The highest BCUT2D eigenvalue weighted by molar-refractivity contribution is 6.13. The molecule has 0 aliphatic rings. The van der Waals surface area contributed by atoms with Gasteiger partial charge in [-0.3, -0.25) is 19.2 Å². The summed E-state index contributed by atoms with van der Waals surface area (Å²) in [6.07, 6.45) is 0. The summed E-state index contributed by atoms with van der Waals surface area (Å²) in [5.41, 5.74) is 0. The van der Waals surface area contributed by atoms with E-state index in [0.717, 1.165) is 0 Å². The predicted octanol–water partition coefficient (Wildman–Crippen LogP) is 3.69. The number of hydrogen-bond donors (Lipinski definition) is 0. The summed E-state index contributed by atoms with van der Waals surface area (Å²) >= 11 is 0. The van der Waals surface area contributed by atoms with Gasteiger partial charge in [0.15, 0.2) is 0 Å². The lowest BCUT2D eigenvalue weighted by molar-refractivity contribution is -0.132. The van der Waals surface area contributed by atoms with Crippen LogP contribution in [0.1, 0.15) is 27.7 Å². The highest BCUT2D eigenvalue weighted by Crippen LogP contribution is 2.45. The van der Waals surface area contributed by atoms with Gasteiger partial charge in [-0.1, -0.05) is 0 Å². The van der Waals surface area contributed by atoms with Crippen LogP contribution in [0.25, 0.3) is 21.5 Å². The van der Waals surface area contributed by atoms with E-state index in [1.165, 1.54) is 52.0 Å². The van der Waals surface area contributed by atoms with Crippen molar-refractivity contribution in [3.8, 4) is 23.0 Å². The lowest BCUT2D eigenvalue weighted by Crippen LogP contribution is -2.07. The van der Waals surface area contributed by atoms with Crippen LogP contribution in [0, 0.1) is 0 Å². The van der Waals surface area contributed by atoms with Gasteiger partial charge in [-0.05, 0) is 36.4 Å². The van der Waals surface area contributed by atoms with E-state index in [2.05, 4.69) is 0 Å². The standard InChI is InChI=1S/C22H18O8/c1-11(23)27-15-5-7-17-19(9-15)21(29-13(3)25)18-8-6-16(28-12(2)24)10-20(18)22(17)30-14(4)26/h5-10H,1-4H3. The highest BCUT2D eigenvalue weighted by Gasteiger charge is 2.20. The van der Waals surface area contributed by atoms with Crippen LogP contribution in [0.2, 0.25) is 0 Å². The van der Waals surface area contributed by atoms with Gasteiger partial charge in [0.25, 0.3) is 0 Å². The third-order valence-electron chi connectivity index (χ3n) is 3.98. The monoisotopic (exact) mass is 410 g/mol. The summed E-state index contributed by atoms with van der Waals surface area (Å²) in [6, 6.07) is 9.24. The molecule has 0 spiro atoms. The number of esters is 4. The quantitative estimate of drug-likeness (QED) is 0.364. The Morgan fingerprint density at radius 3 is 1.13 bits per heavy atom. The fourth-order valence-electron chi connectivity index (χ4n) is 3.07. The Balaban J connectivity index is 2.42. The topological polar surface area (TPSA) is 105 Å². The Morgan fingerprint density at radius 2 is 0.833 bits per heavy atom.